The second kappa shape index (κ2) is 7.02. The lowest BCUT2D eigenvalue weighted by molar-refractivity contribution is -0.126. The van der Waals surface area contributed by atoms with Crippen molar-refractivity contribution in [3.8, 4) is 0 Å². The summed E-state index contributed by atoms with van der Waals surface area (Å²) >= 11 is 3.35. The van der Waals surface area contributed by atoms with Crippen LogP contribution in [-0.4, -0.2) is 21.1 Å². The molecule has 1 amide bonds. The molecule has 2 unspecified atom stereocenters. The van der Waals surface area contributed by atoms with Gasteiger partial charge < -0.3 is 11.1 Å². The van der Waals surface area contributed by atoms with Crippen LogP contribution in [-0.2, 0) is 10.3 Å². The first-order chi connectivity index (χ1) is 9.41. The lowest BCUT2D eigenvalue weighted by Gasteiger charge is -2.25. The largest absolute Gasteiger partial charge is 0.344 e. The average molecular weight is 375 g/mol. The predicted octanol–water partition coefficient (Wildman–Crippen LogP) is 2.04. The molecule has 4 N–H and O–H groups in total. The van der Waals surface area contributed by atoms with Gasteiger partial charge in [0.15, 0.2) is 0 Å². The normalized spacial score (nSPS) is 14.7. The molecule has 2 aromatic rings. The topological polar surface area (TPSA) is 96.7 Å². The molecule has 0 radical (unpaired) electrons. The number of rotatable bonds is 4. The van der Waals surface area contributed by atoms with Crippen LogP contribution in [0.2, 0.25) is 0 Å². The molecule has 2 atom stereocenters. The summed E-state index contributed by atoms with van der Waals surface area (Å²) in [4.78, 5) is 16.4. The van der Waals surface area contributed by atoms with Crippen molar-refractivity contribution in [2.45, 2.75) is 25.4 Å². The van der Waals surface area contributed by atoms with Gasteiger partial charge in [-0.2, -0.15) is 5.10 Å². The zero-order valence-electron chi connectivity index (χ0n) is 11.6. The molecule has 0 saturated carbocycles. The zero-order chi connectivity index (χ0) is 14.8. The monoisotopic (exact) mass is 373 g/mol. The van der Waals surface area contributed by atoms with Crippen LogP contribution in [0.25, 0.3) is 0 Å². The number of nitrogens with two attached hydrogens (primary N) is 1. The molecule has 6 nitrogen and oxygen atoms in total. The van der Waals surface area contributed by atoms with Crippen molar-refractivity contribution in [1.29, 1.82) is 0 Å². The van der Waals surface area contributed by atoms with Gasteiger partial charge in [0.05, 0.1) is 6.04 Å². The molecular formula is C13H17BrClN5O. The van der Waals surface area contributed by atoms with Gasteiger partial charge in [0.2, 0.25) is 5.91 Å². The number of carbonyl (C=O) groups excluding carboxylic acids is 1. The fourth-order valence-electron chi connectivity index (χ4n) is 1.77. The Morgan fingerprint density at radius 3 is 2.57 bits per heavy atom. The highest BCUT2D eigenvalue weighted by Gasteiger charge is 2.31. The van der Waals surface area contributed by atoms with E-state index in [2.05, 4.69) is 36.4 Å². The van der Waals surface area contributed by atoms with E-state index < -0.39 is 5.54 Å². The van der Waals surface area contributed by atoms with Crippen LogP contribution in [0.3, 0.4) is 0 Å². The smallest absolute Gasteiger partial charge is 0.244 e. The number of hydrogen-bond donors (Lipinski definition) is 3. The molecule has 0 saturated heterocycles. The van der Waals surface area contributed by atoms with E-state index in [1.54, 1.807) is 6.92 Å². The van der Waals surface area contributed by atoms with Crippen molar-refractivity contribution < 1.29 is 4.79 Å². The van der Waals surface area contributed by atoms with E-state index in [1.165, 1.54) is 6.33 Å². The Labute approximate surface area is 137 Å². The first-order valence-corrected chi connectivity index (χ1v) is 6.91. The maximum Gasteiger partial charge on any atom is 0.244 e. The Morgan fingerprint density at radius 2 is 2.05 bits per heavy atom. The number of halogens is 2. The number of carbonyl (C=O) groups is 1. The first-order valence-electron chi connectivity index (χ1n) is 6.12. The van der Waals surface area contributed by atoms with Crippen LogP contribution in [0.5, 0.6) is 0 Å². The maximum absolute atomic E-state index is 12.3. The molecule has 2 rings (SSSR count). The van der Waals surface area contributed by atoms with Gasteiger partial charge in [-0.1, -0.05) is 28.1 Å². The van der Waals surface area contributed by atoms with Crippen molar-refractivity contribution in [3.63, 3.8) is 0 Å². The minimum Gasteiger partial charge on any atom is -0.344 e. The lowest BCUT2D eigenvalue weighted by atomic mass is 9.92. The molecule has 21 heavy (non-hydrogen) atoms. The third-order valence-corrected chi connectivity index (χ3v) is 3.64. The molecule has 0 aliphatic heterocycles. The van der Waals surface area contributed by atoms with Gasteiger partial charge in [0.25, 0.3) is 0 Å². The van der Waals surface area contributed by atoms with Gasteiger partial charge in [-0.15, -0.1) is 12.4 Å². The highest BCUT2D eigenvalue weighted by atomic mass is 79.9. The number of H-pyrrole nitrogens is 1. The van der Waals surface area contributed by atoms with Crippen molar-refractivity contribution in [1.82, 2.24) is 20.5 Å². The average Bonchev–Trinajstić information content (AvgIpc) is 2.93. The van der Waals surface area contributed by atoms with E-state index in [0.717, 1.165) is 10.0 Å². The van der Waals surface area contributed by atoms with Gasteiger partial charge in [-0.25, -0.2) is 4.98 Å². The molecule has 0 aliphatic rings. The fraction of sp³-hybridized carbons (Fsp3) is 0.308. The SMILES string of the molecule is CC(NC(=O)C(C)(N)c1ccc(Br)cc1)c1ncn[nH]1.Cl. The molecule has 1 aromatic heterocycles. The summed E-state index contributed by atoms with van der Waals surface area (Å²) in [6.07, 6.45) is 1.40. The molecule has 0 bridgehead atoms. The Kier molecular flexibility index (Phi) is 5.88. The molecule has 1 heterocycles. The van der Waals surface area contributed by atoms with Crippen LogP contribution < -0.4 is 11.1 Å². The van der Waals surface area contributed by atoms with Crippen molar-refractivity contribution >= 4 is 34.2 Å². The zero-order valence-corrected chi connectivity index (χ0v) is 14.0. The molecule has 0 fully saturated rings. The summed E-state index contributed by atoms with van der Waals surface area (Å²) in [5.41, 5.74) is 5.78. The van der Waals surface area contributed by atoms with E-state index in [1.807, 2.05) is 31.2 Å². The molecule has 0 spiro atoms. The number of amides is 1. The standard InChI is InChI=1S/C13H16BrN5O.ClH/c1-8(11-16-7-17-19-11)18-12(20)13(2,15)9-3-5-10(14)6-4-9;/h3-8H,15H2,1-2H3,(H,18,20)(H,16,17,19);1H. The molecular weight excluding hydrogens is 358 g/mol. The third kappa shape index (κ3) is 4.03. The van der Waals surface area contributed by atoms with Crippen LogP contribution >= 0.6 is 28.3 Å². The van der Waals surface area contributed by atoms with Crippen molar-refractivity contribution in [3.05, 3.63) is 46.5 Å². The minimum atomic E-state index is -1.12. The van der Waals surface area contributed by atoms with E-state index in [0.29, 0.717) is 5.82 Å². The summed E-state index contributed by atoms with van der Waals surface area (Å²) in [5.74, 6) is 0.314. The van der Waals surface area contributed by atoms with Gasteiger partial charge in [0.1, 0.15) is 17.7 Å². The Hall–Kier alpha value is -1.44. The molecule has 8 heteroatoms. The quantitative estimate of drug-likeness (QED) is 0.763. The number of aromatic amines is 1. The van der Waals surface area contributed by atoms with Crippen molar-refractivity contribution in [2.24, 2.45) is 5.73 Å². The maximum atomic E-state index is 12.3. The number of benzene rings is 1. The summed E-state index contributed by atoms with van der Waals surface area (Å²) < 4.78 is 0.937. The summed E-state index contributed by atoms with van der Waals surface area (Å²) in [6.45, 7) is 3.49. The van der Waals surface area contributed by atoms with Crippen LogP contribution in [0, 0.1) is 0 Å². The molecule has 1 aromatic carbocycles. The Bertz CT molecular complexity index is 585. The third-order valence-electron chi connectivity index (χ3n) is 3.11. The van der Waals surface area contributed by atoms with E-state index in [9.17, 15) is 4.79 Å². The van der Waals surface area contributed by atoms with Gasteiger partial charge in [-0.3, -0.25) is 9.89 Å². The second-order valence-electron chi connectivity index (χ2n) is 4.78. The van der Waals surface area contributed by atoms with Gasteiger partial charge in [-0.05, 0) is 31.5 Å². The number of hydrogen-bond acceptors (Lipinski definition) is 4. The summed E-state index contributed by atoms with van der Waals surface area (Å²) in [5, 5.41) is 9.30. The van der Waals surface area contributed by atoms with E-state index >= 15 is 0 Å². The Balaban J connectivity index is 0.00000220. The highest BCUT2D eigenvalue weighted by Crippen LogP contribution is 2.21. The van der Waals surface area contributed by atoms with Gasteiger partial charge in [0, 0.05) is 4.47 Å². The number of nitrogens with one attached hydrogen (secondary N) is 2. The molecule has 0 aliphatic carbocycles. The Morgan fingerprint density at radius 1 is 1.43 bits per heavy atom. The predicted molar refractivity (Wildman–Crippen MR) is 85.9 cm³/mol. The summed E-state index contributed by atoms with van der Waals surface area (Å²) in [7, 11) is 0. The summed E-state index contributed by atoms with van der Waals surface area (Å²) in [6, 6.07) is 7.07. The first kappa shape index (κ1) is 17.6. The van der Waals surface area contributed by atoms with Crippen LogP contribution in [0.15, 0.2) is 35.1 Å². The second-order valence-corrected chi connectivity index (χ2v) is 5.69. The number of nitrogens with zero attached hydrogens (tertiary/aromatic N) is 2. The molecule has 114 valence electrons. The van der Waals surface area contributed by atoms with Crippen LogP contribution in [0.1, 0.15) is 31.3 Å². The highest BCUT2D eigenvalue weighted by molar-refractivity contribution is 9.10. The number of aromatic nitrogens is 3. The van der Waals surface area contributed by atoms with Crippen molar-refractivity contribution in [2.75, 3.05) is 0 Å². The van der Waals surface area contributed by atoms with E-state index in [-0.39, 0.29) is 24.4 Å². The van der Waals surface area contributed by atoms with E-state index in [4.69, 9.17) is 5.73 Å². The lowest BCUT2D eigenvalue weighted by Crippen LogP contribution is -2.49. The minimum absolute atomic E-state index is 0. The van der Waals surface area contributed by atoms with Gasteiger partial charge >= 0.3 is 0 Å². The fourth-order valence-corrected chi connectivity index (χ4v) is 2.03. The van der Waals surface area contributed by atoms with Crippen LogP contribution in [0.4, 0.5) is 0 Å².